The third-order valence-electron chi connectivity index (χ3n) is 5.16. The normalized spacial score (nSPS) is 37.1. The van der Waals surface area contributed by atoms with Crippen LogP contribution in [0.25, 0.3) is 0 Å². The summed E-state index contributed by atoms with van der Waals surface area (Å²) in [5.74, 6) is -3.23. The maximum absolute atomic E-state index is 15.5. The van der Waals surface area contributed by atoms with E-state index in [-0.39, 0.29) is 0 Å². The molecule has 2 aliphatic rings. The van der Waals surface area contributed by atoms with Crippen LogP contribution in [0.3, 0.4) is 0 Å². The van der Waals surface area contributed by atoms with Crippen molar-refractivity contribution in [1.29, 1.82) is 0 Å². The minimum absolute atomic E-state index is 0.576. The molecule has 200 valence electrons. The summed E-state index contributed by atoms with van der Waals surface area (Å²) in [5, 5.41) is 32.7. The highest BCUT2D eigenvalue weighted by Gasteiger charge is 2.54. The van der Waals surface area contributed by atoms with E-state index in [0.29, 0.717) is 0 Å². The average Bonchev–Trinajstić information content (AvgIpc) is 2.75. The lowest BCUT2D eigenvalue weighted by Gasteiger charge is -2.47. The molecule has 0 spiro atoms. The predicted octanol–water partition coefficient (Wildman–Crippen LogP) is -2.56. The summed E-state index contributed by atoms with van der Waals surface area (Å²) in [5.41, 5.74) is 0. The first kappa shape index (κ1) is 28.8. The van der Waals surface area contributed by atoms with Crippen molar-refractivity contribution in [3.63, 3.8) is 0 Å². The Labute approximate surface area is 199 Å². The molecular formula is C20H30FNO13. The molecule has 2 fully saturated rings. The first-order valence-corrected chi connectivity index (χ1v) is 10.7. The number of esters is 3. The minimum atomic E-state index is -2.24. The number of amides is 1. The van der Waals surface area contributed by atoms with Crippen molar-refractivity contribution in [2.24, 2.45) is 0 Å². The molecule has 6 unspecified atom stereocenters. The summed E-state index contributed by atoms with van der Waals surface area (Å²) in [6, 6.07) is -1.41. The van der Waals surface area contributed by atoms with Gasteiger partial charge in [0.25, 0.3) is 0 Å². The number of carbonyl (C=O) groups is 4. The number of hydrogen-bond donors (Lipinski definition) is 4. The van der Waals surface area contributed by atoms with Gasteiger partial charge in [-0.05, 0) is 0 Å². The topological polar surface area (TPSA) is 196 Å². The number of alkyl halides is 1. The van der Waals surface area contributed by atoms with Crippen LogP contribution in [0.5, 0.6) is 0 Å². The Morgan fingerprint density at radius 3 is 2.00 bits per heavy atom. The molecule has 0 radical (unpaired) electrons. The zero-order chi connectivity index (χ0) is 26.4. The van der Waals surface area contributed by atoms with Crippen molar-refractivity contribution in [1.82, 2.24) is 5.32 Å². The summed E-state index contributed by atoms with van der Waals surface area (Å²) in [6.07, 6.45) is -15.3. The van der Waals surface area contributed by atoms with E-state index in [1.165, 1.54) is 0 Å². The Bertz CT molecular complexity index is 780. The molecule has 35 heavy (non-hydrogen) atoms. The van der Waals surface area contributed by atoms with Crippen molar-refractivity contribution in [2.75, 3.05) is 13.2 Å². The molecule has 2 saturated heterocycles. The van der Waals surface area contributed by atoms with E-state index in [1.54, 1.807) is 0 Å². The number of ether oxygens (including phenoxy) is 6. The van der Waals surface area contributed by atoms with Crippen molar-refractivity contribution >= 4 is 23.8 Å². The number of carbonyl (C=O) groups excluding carboxylic acids is 4. The van der Waals surface area contributed by atoms with Gasteiger partial charge < -0.3 is 49.1 Å². The number of halogens is 1. The van der Waals surface area contributed by atoms with Crippen molar-refractivity contribution in [3.05, 3.63) is 0 Å². The molecule has 0 aromatic rings. The predicted molar refractivity (Wildman–Crippen MR) is 108 cm³/mol. The fraction of sp³-hybridized carbons (Fsp3) is 0.800. The summed E-state index contributed by atoms with van der Waals surface area (Å²) < 4.78 is 46.8. The van der Waals surface area contributed by atoms with Gasteiger partial charge in [-0.2, -0.15) is 0 Å². The highest BCUT2D eigenvalue weighted by molar-refractivity contribution is 5.73. The third-order valence-corrected chi connectivity index (χ3v) is 5.16. The zero-order valence-electron chi connectivity index (χ0n) is 19.5. The maximum atomic E-state index is 15.5. The lowest BCUT2D eigenvalue weighted by Crippen LogP contribution is -2.67. The highest BCUT2D eigenvalue weighted by Crippen LogP contribution is 2.33. The molecule has 10 atom stereocenters. The van der Waals surface area contributed by atoms with Gasteiger partial charge in [-0.3, -0.25) is 19.2 Å². The van der Waals surface area contributed by atoms with Crippen LogP contribution in [-0.2, 0) is 47.6 Å². The lowest BCUT2D eigenvalue weighted by atomic mass is 9.95. The average molecular weight is 511 g/mol. The van der Waals surface area contributed by atoms with Gasteiger partial charge in [0, 0.05) is 27.7 Å². The summed E-state index contributed by atoms with van der Waals surface area (Å²) in [6.45, 7) is 2.85. The molecule has 0 saturated carbocycles. The van der Waals surface area contributed by atoms with Crippen molar-refractivity contribution < 1.29 is 67.3 Å². The second-order valence-electron chi connectivity index (χ2n) is 8.00. The van der Waals surface area contributed by atoms with Crippen molar-refractivity contribution in [2.45, 2.75) is 89.1 Å². The Morgan fingerprint density at radius 1 is 0.886 bits per heavy atom. The maximum Gasteiger partial charge on any atom is 0.303 e. The third kappa shape index (κ3) is 7.52. The molecule has 2 rings (SSSR count). The van der Waals surface area contributed by atoms with Gasteiger partial charge in [-0.25, -0.2) is 4.39 Å². The number of rotatable bonds is 8. The molecule has 4 N–H and O–H groups in total. The Balaban J connectivity index is 2.40. The Kier molecular flexibility index (Phi) is 10.3. The molecule has 15 heteroatoms. The molecule has 0 aromatic carbocycles. The van der Waals surface area contributed by atoms with Gasteiger partial charge in [0.15, 0.2) is 31.0 Å². The molecular weight excluding hydrogens is 481 g/mol. The fourth-order valence-electron chi connectivity index (χ4n) is 3.75. The van der Waals surface area contributed by atoms with Crippen LogP contribution in [0.4, 0.5) is 4.39 Å². The molecule has 0 aliphatic carbocycles. The van der Waals surface area contributed by atoms with Crippen LogP contribution in [0.2, 0.25) is 0 Å². The van der Waals surface area contributed by atoms with E-state index in [2.05, 4.69) is 5.32 Å². The summed E-state index contributed by atoms with van der Waals surface area (Å²) in [4.78, 5) is 46.1. The number of aliphatic hydroxyl groups excluding tert-OH is 3. The van der Waals surface area contributed by atoms with Gasteiger partial charge in [0.1, 0.15) is 37.1 Å². The number of nitrogens with one attached hydrogen (secondary N) is 1. The Hall–Kier alpha value is -2.43. The first-order valence-electron chi connectivity index (χ1n) is 10.7. The molecule has 0 aromatic heterocycles. The van der Waals surface area contributed by atoms with Crippen LogP contribution in [0, 0.1) is 0 Å². The van der Waals surface area contributed by atoms with Crippen LogP contribution in [-0.4, -0.2) is 114 Å². The lowest BCUT2D eigenvalue weighted by molar-refractivity contribution is -0.337. The van der Waals surface area contributed by atoms with E-state index in [0.717, 1.165) is 27.7 Å². The minimum Gasteiger partial charge on any atom is -0.463 e. The number of hydrogen-bond acceptors (Lipinski definition) is 13. The second kappa shape index (κ2) is 12.5. The van der Waals surface area contributed by atoms with Crippen molar-refractivity contribution in [3.8, 4) is 0 Å². The summed E-state index contributed by atoms with van der Waals surface area (Å²) in [7, 11) is 0. The second-order valence-corrected chi connectivity index (χ2v) is 8.00. The van der Waals surface area contributed by atoms with E-state index in [1.807, 2.05) is 0 Å². The monoisotopic (exact) mass is 511 g/mol. The molecule has 2 heterocycles. The van der Waals surface area contributed by atoms with Crippen LogP contribution >= 0.6 is 0 Å². The largest absolute Gasteiger partial charge is 0.463 e. The number of aliphatic hydroxyl groups is 3. The first-order chi connectivity index (χ1) is 16.3. The Morgan fingerprint density at radius 2 is 1.49 bits per heavy atom. The highest BCUT2D eigenvalue weighted by atomic mass is 19.1. The van der Waals surface area contributed by atoms with Gasteiger partial charge in [0.2, 0.25) is 5.91 Å². The van der Waals surface area contributed by atoms with Crippen LogP contribution in [0.1, 0.15) is 27.7 Å². The summed E-state index contributed by atoms with van der Waals surface area (Å²) >= 11 is 0. The zero-order valence-corrected chi connectivity index (χ0v) is 19.5. The van der Waals surface area contributed by atoms with Gasteiger partial charge in [-0.1, -0.05) is 0 Å². The van der Waals surface area contributed by atoms with E-state index >= 15 is 4.39 Å². The van der Waals surface area contributed by atoms with E-state index in [4.69, 9.17) is 28.4 Å². The molecule has 2 aliphatic heterocycles. The molecule has 0 bridgehead atoms. The molecule has 1 amide bonds. The smallest absolute Gasteiger partial charge is 0.303 e. The van der Waals surface area contributed by atoms with E-state index in [9.17, 15) is 34.5 Å². The standard InChI is InChI=1S/C20H30FNO13/c1-7(24)22-14-18(15(28)11(5-23)33-19(14)29)35-20-17(32-10(4)27)13(21)16(31-9(3)26)12(34-20)6-30-8(2)25/h11-20,23,28-29H,5-6H2,1-4H3,(H,22,24)/t11?,12?,13?,14?,15-,16-,17?,18?,19-,20-/m0/s1. The van der Waals surface area contributed by atoms with Gasteiger partial charge >= 0.3 is 17.9 Å². The SMILES string of the molecule is CC(=O)NC1C(O[C@@H]2OC(COC(C)=O)[C@H](OC(C)=O)C(F)C2OC(C)=O)[C@@H](O)C(CO)O[C@@H]1O. The van der Waals surface area contributed by atoms with Gasteiger partial charge in [0.05, 0.1) is 6.61 Å². The van der Waals surface area contributed by atoms with Crippen LogP contribution < -0.4 is 5.32 Å². The van der Waals surface area contributed by atoms with Gasteiger partial charge in [-0.15, -0.1) is 0 Å². The fourth-order valence-corrected chi connectivity index (χ4v) is 3.75. The quantitative estimate of drug-likeness (QED) is 0.196. The van der Waals surface area contributed by atoms with Crippen LogP contribution in [0.15, 0.2) is 0 Å². The molecule has 14 nitrogen and oxygen atoms in total. The van der Waals surface area contributed by atoms with E-state index < -0.39 is 98.4 Å².